The molecule has 0 aliphatic carbocycles. The number of para-hydroxylation sites is 2. The minimum absolute atomic E-state index is 0.0809. The molecular weight excluding hydrogens is 498 g/mol. The summed E-state index contributed by atoms with van der Waals surface area (Å²) in [6.45, 7) is 1.67. The molecule has 0 radical (unpaired) electrons. The minimum atomic E-state index is -3.49. The molecule has 4 rings (SSSR count). The van der Waals surface area contributed by atoms with Crippen molar-refractivity contribution in [3.63, 3.8) is 0 Å². The molecule has 3 aromatic rings. The van der Waals surface area contributed by atoms with Crippen LogP contribution in [-0.4, -0.2) is 50.0 Å². The fourth-order valence-electron chi connectivity index (χ4n) is 3.73. The number of amides is 1. The lowest BCUT2D eigenvalue weighted by molar-refractivity contribution is 0.0972. The Morgan fingerprint density at radius 2 is 1.50 bits per heavy atom. The van der Waals surface area contributed by atoms with Crippen LogP contribution in [0.4, 0.5) is 5.69 Å². The fraction of sp³-hybridized carbons (Fsp3) is 0.231. The van der Waals surface area contributed by atoms with Crippen LogP contribution >= 0.6 is 12.2 Å². The van der Waals surface area contributed by atoms with Gasteiger partial charge in [-0.2, -0.15) is 4.31 Å². The van der Waals surface area contributed by atoms with Crippen molar-refractivity contribution in [2.75, 3.05) is 31.6 Å². The van der Waals surface area contributed by atoms with Gasteiger partial charge in [0.15, 0.2) is 5.11 Å². The number of carbonyl (C=O) groups excluding carboxylic acids is 1. The van der Waals surface area contributed by atoms with Crippen molar-refractivity contribution in [1.29, 1.82) is 0 Å². The Hall–Kier alpha value is -3.47. The summed E-state index contributed by atoms with van der Waals surface area (Å²) in [5.41, 5.74) is 0.886. The van der Waals surface area contributed by atoms with Gasteiger partial charge in [0.1, 0.15) is 24.7 Å². The molecule has 1 aliphatic rings. The predicted octanol–water partition coefficient (Wildman–Crippen LogP) is 4.06. The highest BCUT2D eigenvalue weighted by atomic mass is 32.2. The monoisotopic (exact) mass is 525 g/mol. The van der Waals surface area contributed by atoms with Crippen molar-refractivity contribution in [3.05, 3.63) is 84.4 Å². The SMILES string of the molecule is O=C(NC(=S)Nc1ccc(S(=O)(=O)N2CCCC2)cc1)c1ccccc1OCCOc1ccccc1. The highest BCUT2D eigenvalue weighted by molar-refractivity contribution is 7.89. The quantitative estimate of drug-likeness (QED) is 0.321. The lowest BCUT2D eigenvalue weighted by atomic mass is 10.2. The Kier molecular flexibility index (Phi) is 8.52. The van der Waals surface area contributed by atoms with E-state index in [1.807, 2.05) is 30.3 Å². The van der Waals surface area contributed by atoms with Crippen LogP contribution in [0.2, 0.25) is 0 Å². The number of benzene rings is 3. The maximum Gasteiger partial charge on any atom is 0.261 e. The zero-order chi connectivity index (χ0) is 25.4. The number of ether oxygens (including phenoxy) is 2. The van der Waals surface area contributed by atoms with E-state index in [0.717, 1.165) is 18.6 Å². The molecule has 0 unspecified atom stereocenters. The van der Waals surface area contributed by atoms with E-state index in [-0.39, 0.29) is 16.6 Å². The fourth-order valence-corrected chi connectivity index (χ4v) is 5.46. The maximum absolute atomic E-state index is 12.8. The van der Waals surface area contributed by atoms with Crippen LogP contribution in [0.1, 0.15) is 23.2 Å². The third-order valence-corrected chi connectivity index (χ3v) is 7.64. The van der Waals surface area contributed by atoms with Gasteiger partial charge >= 0.3 is 0 Å². The lowest BCUT2D eigenvalue weighted by Gasteiger charge is -2.16. The Labute approximate surface area is 216 Å². The van der Waals surface area contributed by atoms with E-state index in [1.54, 1.807) is 36.4 Å². The molecule has 1 amide bonds. The predicted molar refractivity (Wildman–Crippen MR) is 142 cm³/mol. The maximum atomic E-state index is 12.8. The largest absolute Gasteiger partial charge is 0.490 e. The van der Waals surface area contributed by atoms with Crippen LogP contribution in [0.25, 0.3) is 0 Å². The van der Waals surface area contributed by atoms with Crippen molar-refractivity contribution in [2.45, 2.75) is 17.7 Å². The third kappa shape index (κ3) is 6.60. The summed E-state index contributed by atoms with van der Waals surface area (Å²) >= 11 is 5.28. The molecule has 1 heterocycles. The Balaban J connectivity index is 1.30. The molecule has 8 nitrogen and oxygen atoms in total. The summed E-state index contributed by atoms with van der Waals surface area (Å²) in [7, 11) is -3.49. The van der Waals surface area contributed by atoms with E-state index in [0.29, 0.717) is 36.7 Å². The van der Waals surface area contributed by atoms with E-state index in [1.165, 1.54) is 16.4 Å². The van der Waals surface area contributed by atoms with Crippen LogP contribution in [-0.2, 0) is 10.0 Å². The van der Waals surface area contributed by atoms with Crippen LogP contribution in [0, 0.1) is 0 Å². The zero-order valence-corrected chi connectivity index (χ0v) is 21.2. The van der Waals surface area contributed by atoms with Gasteiger partial charge in [-0.05, 0) is 73.6 Å². The molecule has 36 heavy (non-hydrogen) atoms. The lowest BCUT2D eigenvalue weighted by Crippen LogP contribution is -2.34. The second-order valence-electron chi connectivity index (χ2n) is 8.05. The summed E-state index contributed by atoms with van der Waals surface area (Å²) in [5, 5.41) is 5.63. The Morgan fingerprint density at radius 1 is 0.861 bits per heavy atom. The first-order valence-electron chi connectivity index (χ1n) is 11.6. The number of hydrogen-bond acceptors (Lipinski definition) is 6. The van der Waals surface area contributed by atoms with Gasteiger partial charge in [-0.15, -0.1) is 0 Å². The Bertz CT molecular complexity index is 1290. The molecule has 188 valence electrons. The first-order valence-corrected chi connectivity index (χ1v) is 13.4. The highest BCUT2D eigenvalue weighted by Gasteiger charge is 2.27. The first-order chi connectivity index (χ1) is 17.4. The average Bonchev–Trinajstić information content (AvgIpc) is 3.44. The summed E-state index contributed by atoms with van der Waals surface area (Å²) in [4.78, 5) is 13.0. The van der Waals surface area contributed by atoms with Gasteiger partial charge in [-0.3, -0.25) is 10.1 Å². The van der Waals surface area contributed by atoms with E-state index in [4.69, 9.17) is 21.7 Å². The van der Waals surface area contributed by atoms with Crippen LogP contribution in [0.15, 0.2) is 83.8 Å². The second kappa shape index (κ2) is 12.0. The number of hydrogen-bond donors (Lipinski definition) is 2. The van der Waals surface area contributed by atoms with Gasteiger partial charge in [0.2, 0.25) is 10.0 Å². The van der Waals surface area contributed by atoms with Crippen molar-refractivity contribution >= 4 is 38.9 Å². The average molecular weight is 526 g/mol. The number of carbonyl (C=O) groups is 1. The molecular formula is C26H27N3O5S2. The van der Waals surface area contributed by atoms with Crippen molar-refractivity contribution in [3.8, 4) is 11.5 Å². The van der Waals surface area contributed by atoms with Crippen LogP contribution in [0.5, 0.6) is 11.5 Å². The molecule has 1 aliphatic heterocycles. The number of nitrogens with zero attached hydrogens (tertiary/aromatic N) is 1. The number of rotatable bonds is 9. The molecule has 0 aromatic heterocycles. The number of thiocarbonyl (C=S) groups is 1. The van der Waals surface area contributed by atoms with Gasteiger partial charge in [0.25, 0.3) is 5.91 Å². The summed E-state index contributed by atoms with van der Waals surface area (Å²) in [6, 6.07) is 22.5. The standard InChI is InChI=1S/C26H27N3O5S2/c30-25(23-10-4-5-11-24(23)34-19-18-33-21-8-2-1-3-9-21)28-26(35)27-20-12-14-22(15-13-20)36(31,32)29-16-6-7-17-29/h1-5,8-15H,6-7,16-19H2,(H2,27,28,30,35). The normalized spacial score (nSPS) is 13.7. The van der Waals surface area contributed by atoms with Gasteiger partial charge in [-0.25, -0.2) is 8.42 Å². The minimum Gasteiger partial charge on any atom is -0.490 e. The topological polar surface area (TPSA) is 97.0 Å². The first kappa shape index (κ1) is 25.6. The Morgan fingerprint density at radius 3 is 2.22 bits per heavy atom. The van der Waals surface area contributed by atoms with Gasteiger partial charge in [0.05, 0.1) is 10.5 Å². The van der Waals surface area contributed by atoms with E-state index in [9.17, 15) is 13.2 Å². The van der Waals surface area contributed by atoms with E-state index < -0.39 is 15.9 Å². The van der Waals surface area contributed by atoms with Crippen molar-refractivity contribution < 1.29 is 22.7 Å². The van der Waals surface area contributed by atoms with Gasteiger partial charge < -0.3 is 14.8 Å². The van der Waals surface area contributed by atoms with Crippen LogP contribution in [0.3, 0.4) is 0 Å². The number of nitrogens with one attached hydrogen (secondary N) is 2. The van der Waals surface area contributed by atoms with Gasteiger partial charge in [0, 0.05) is 18.8 Å². The highest BCUT2D eigenvalue weighted by Crippen LogP contribution is 2.22. The summed E-state index contributed by atoms with van der Waals surface area (Å²) < 4.78 is 38.2. The van der Waals surface area contributed by atoms with E-state index >= 15 is 0 Å². The van der Waals surface area contributed by atoms with Crippen molar-refractivity contribution in [2.24, 2.45) is 0 Å². The molecule has 1 saturated heterocycles. The third-order valence-electron chi connectivity index (χ3n) is 5.53. The molecule has 3 aromatic carbocycles. The molecule has 0 atom stereocenters. The summed E-state index contributed by atoms with van der Waals surface area (Å²) in [6.07, 6.45) is 1.75. The zero-order valence-electron chi connectivity index (χ0n) is 19.6. The number of anilines is 1. The molecule has 0 bridgehead atoms. The summed E-state index contributed by atoms with van der Waals surface area (Å²) in [5.74, 6) is 0.719. The smallest absolute Gasteiger partial charge is 0.261 e. The molecule has 10 heteroatoms. The molecule has 0 saturated carbocycles. The van der Waals surface area contributed by atoms with Crippen LogP contribution < -0.4 is 20.1 Å². The van der Waals surface area contributed by atoms with E-state index in [2.05, 4.69) is 10.6 Å². The molecule has 2 N–H and O–H groups in total. The van der Waals surface area contributed by atoms with Gasteiger partial charge in [-0.1, -0.05) is 30.3 Å². The molecule has 1 fully saturated rings. The molecule has 0 spiro atoms. The second-order valence-corrected chi connectivity index (χ2v) is 10.4. The van der Waals surface area contributed by atoms with Crippen molar-refractivity contribution in [1.82, 2.24) is 9.62 Å². The number of sulfonamides is 1.